The molecule has 72 valence electrons. The molecule has 0 atom stereocenters. The molecule has 0 bridgehead atoms. The van der Waals surface area contributed by atoms with Crippen LogP contribution in [0.4, 0.5) is 13.2 Å². The van der Waals surface area contributed by atoms with Crippen LogP contribution in [0.1, 0.15) is 24.1 Å². The molecule has 0 unspecified atom stereocenters. The monoisotopic (exact) mass is 191 g/mol. The largest absolute Gasteiger partial charge is 0.400 e. The predicted molar refractivity (Wildman–Crippen MR) is 38.2 cm³/mol. The van der Waals surface area contributed by atoms with Crippen molar-refractivity contribution < 1.29 is 17.7 Å². The third-order valence-electron chi connectivity index (χ3n) is 2.49. The molecule has 0 aromatic carbocycles. The molecule has 1 aromatic heterocycles. The van der Waals surface area contributed by atoms with Gasteiger partial charge in [0.05, 0.1) is 0 Å². The van der Waals surface area contributed by atoms with E-state index in [0.717, 1.165) is 0 Å². The summed E-state index contributed by atoms with van der Waals surface area (Å²) in [6.07, 6.45) is -2.69. The van der Waals surface area contributed by atoms with Crippen molar-refractivity contribution in [2.45, 2.75) is 31.4 Å². The molecule has 1 aliphatic rings. The van der Waals surface area contributed by atoms with E-state index in [1.807, 2.05) is 0 Å². The van der Waals surface area contributed by atoms with Gasteiger partial charge in [0.1, 0.15) is 17.4 Å². The Morgan fingerprint density at radius 2 is 2.08 bits per heavy atom. The van der Waals surface area contributed by atoms with Crippen LogP contribution >= 0.6 is 0 Å². The van der Waals surface area contributed by atoms with Crippen LogP contribution in [0.2, 0.25) is 0 Å². The molecule has 1 aliphatic carbocycles. The van der Waals surface area contributed by atoms with Gasteiger partial charge in [0, 0.05) is 5.56 Å². The second-order valence-corrected chi connectivity index (χ2v) is 3.43. The average Bonchev–Trinajstić information content (AvgIpc) is 2.70. The molecule has 2 nitrogen and oxygen atoms in total. The zero-order valence-corrected chi connectivity index (χ0v) is 6.98. The highest BCUT2D eigenvalue weighted by atomic mass is 19.4. The van der Waals surface area contributed by atoms with Crippen LogP contribution in [0.25, 0.3) is 0 Å². The van der Waals surface area contributed by atoms with Crippen LogP contribution < -0.4 is 0 Å². The number of nitrogens with zero attached hydrogens (tertiary/aromatic N) is 1. The summed E-state index contributed by atoms with van der Waals surface area (Å²) in [5, 5.41) is 3.42. The maximum Gasteiger partial charge on any atom is 0.400 e. The Hall–Kier alpha value is -1.00. The number of aryl methyl sites for hydroxylation is 1. The van der Waals surface area contributed by atoms with Gasteiger partial charge >= 0.3 is 6.18 Å². The number of halogens is 3. The summed E-state index contributed by atoms with van der Waals surface area (Å²) in [6, 6.07) is 0. The molecule has 0 amide bonds. The van der Waals surface area contributed by atoms with E-state index < -0.39 is 11.6 Å². The summed E-state index contributed by atoms with van der Waals surface area (Å²) in [4.78, 5) is 0. The summed E-state index contributed by atoms with van der Waals surface area (Å²) in [5.74, 6) is 0. The van der Waals surface area contributed by atoms with Crippen molar-refractivity contribution in [1.29, 1.82) is 0 Å². The van der Waals surface area contributed by atoms with E-state index in [2.05, 4.69) is 9.68 Å². The molecule has 1 aromatic rings. The zero-order valence-electron chi connectivity index (χ0n) is 6.98. The van der Waals surface area contributed by atoms with Crippen molar-refractivity contribution in [3.63, 3.8) is 0 Å². The van der Waals surface area contributed by atoms with Gasteiger partial charge in [-0.2, -0.15) is 13.2 Å². The van der Waals surface area contributed by atoms with E-state index in [0.29, 0.717) is 5.56 Å². The number of aromatic nitrogens is 1. The van der Waals surface area contributed by atoms with Gasteiger partial charge < -0.3 is 4.52 Å². The van der Waals surface area contributed by atoms with Gasteiger partial charge in [0.2, 0.25) is 0 Å². The second kappa shape index (κ2) is 2.27. The summed E-state index contributed by atoms with van der Waals surface area (Å²) in [5.41, 5.74) is -1.17. The fourth-order valence-corrected chi connectivity index (χ4v) is 1.53. The lowest BCUT2D eigenvalue weighted by molar-refractivity contribution is -0.162. The van der Waals surface area contributed by atoms with Crippen LogP contribution in [0.3, 0.4) is 0 Å². The SMILES string of the molecule is Cc1conc1C1(C(F)(F)F)CC1. The Bertz CT molecular complexity index is 324. The standard InChI is InChI=1S/C8H8F3NO/c1-5-4-13-12-6(5)7(2-3-7)8(9,10)11/h4H,2-3H2,1H3. The Balaban J connectivity index is 2.42. The molecule has 1 heterocycles. The van der Waals surface area contributed by atoms with Crippen molar-refractivity contribution in [3.05, 3.63) is 17.5 Å². The lowest BCUT2D eigenvalue weighted by atomic mass is 9.99. The maximum atomic E-state index is 12.6. The molecule has 13 heavy (non-hydrogen) atoms. The van der Waals surface area contributed by atoms with Crippen LogP contribution in [-0.2, 0) is 5.41 Å². The highest BCUT2D eigenvalue weighted by Crippen LogP contribution is 2.58. The number of hydrogen-bond acceptors (Lipinski definition) is 2. The van der Waals surface area contributed by atoms with Crippen molar-refractivity contribution in [3.8, 4) is 0 Å². The quantitative estimate of drug-likeness (QED) is 0.681. The first-order valence-electron chi connectivity index (χ1n) is 3.95. The summed E-state index contributed by atoms with van der Waals surface area (Å²) < 4.78 is 42.2. The van der Waals surface area contributed by atoms with E-state index in [4.69, 9.17) is 0 Å². The first kappa shape index (κ1) is 8.59. The topological polar surface area (TPSA) is 26.0 Å². The van der Waals surface area contributed by atoms with E-state index in [1.165, 1.54) is 6.26 Å². The highest BCUT2D eigenvalue weighted by molar-refractivity contribution is 5.31. The van der Waals surface area contributed by atoms with Crippen molar-refractivity contribution in [1.82, 2.24) is 5.16 Å². The van der Waals surface area contributed by atoms with Gasteiger partial charge in [-0.1, -0.05) is 5.16 Å². The minimum Gasteiger partial charge on any atom is -0.364 e. The smallest absolute Gasteiger partial charge is 0.364 e. The van der Waals surface area contributed by atoms with Crippen molar-refractivity contribution in [2.75, 3.05) is 0 Å². The summed E-state index contributed by atoms with van der Waals surface area (Å²) >= 11 is 0. The van der Waals surface area contributed by atoms with E-state index in [-0.39, 0.29) is 18.5 Å². The van der Waals surface area contributed by atoms with Gasteiger partial charge in [-0.05, 0) is 19.8 Å². The van der Waals surface area contributed by atoms with Gasteiger partial charge in [-0.25, -0.2) is 0 Å². The molecule has 0 spiro atoms. The van der Waals surface area contributed by atoms with Gasteiger partial charge in [0.15, 0.2) is 0 Å². The number of alkyl halides is 3. The average molecular weight is 191 g/mol. The summed E-state index contributed by atoms with van der Waals surface area (Å²) in [7, 11) is 0. The van der Waals surface area contributed by atoms with Gasteiger partial charge in [-0.15, -0.1) is 0 Å². The highest BCUT2D eigenvalue weighted by Gasteiger charge is 2.66. The molecule has 2 rings (SSSR count). The second-order valence-electron chi connectivity index (χ2n) is 3.43. The minimum atomic E-state index is -4.20. The Kier molecular flexibility index (Phi) is 1.50. The first-order valence-corrected chi connectivity index (χ1v) is 3.95. The Morgan fingerprint density at radius 1 is 1.46 bits per heavy atom. The van der Waals surface area contributed by atoms with Crippen LogP contribution in [0.5, 0.6) is 0 Å². The zero-order chi connectivity index (χ0) is 9.69. The van der Waals surface area contributed by atoms with Crippen LogP contribution in [-0.4, -0.2) is 11.3 Å². The minimum absolute atomic E-state index is 0.0556. The third kappa shape index (κ3) is 1.06. The lowest BCUT2D eigenvalue weighted by Crippen LogP contribution is -2.29. The molecular weight excluding hydrogens is 183 g/mol. The number of hydrogen-bond donors (Lipinski definition) is 0. The molecular formula is C8H8F3NO. The lowest BCUT2D eigenvalue weighted by Gasteiger charge is -2.16. The molecule has 0 N–H and O–H groups in total. The fourth-order valence-electron chi connectivity index (χ4n) is 1.53. The Morgan fingerprint density at radius 3 is 2.38 bits per heavy atom. The van der Waals surface area contributed by atoms with Crippen LogP contribution in [0.15, 0.2) is 10.8 Å². The normalized spacial score (nSPS) is 20.3. The van der Waals surface area contributed by atoms with Crippen LogP contribution in [0, 0.1) is 6.92 Å². The Labute approximate surface area is 72.7 Å². The third-order valence-corrected chi connectivity index (χ3v) is 2.49. The van der Waals surface area contributed by atoms with E-state index >= 15 is 0 Å². The molecule has 0 saturated heterocycles. The predicted octanol–water partition coefficient (Wildman–Crippen LogP) is 2.58. The molecule has 0 aliphatic heterocycles. The molecule has 1 saturated carbocycles. The first-order chi connectivity index (χ1) is 5.97. The summed E-state index contributed by atoms with van der Waals surface area (Å²) in [6.45, 7) is 1.58. The van der Waals surface area contributed by atoms with Crippen molar-refractivity contribution >= 4 is 0 Å². The number of rotatable bonds is 1. The molecule has 5 heteroatoms. The molecule has 0 radical (unpaired) electrons. The molecule has 1 fully saturated rings. The fraction of sp³-hybridized carbons (Fsp3) is 0.625. The maximum absolute atomic E-state index is 12.6. The van der Waals surface area contributed by atoms with E-state index in [1.54, 1.807) is 6.92 Å². The van der Waals surface area contributed by atoms with Crippen molar-refractivity contribution in [2.24, 2.45) is 0 Å². The van der Waals surface area contributed by atoms with Gasteiger partial charge in [-0.3, -0.25) is 0 Å². The van der Waals surface area contributed by atoms with Gasteiger partial charge in [0.25, 0.3) is 0 Å². The van der Waals surface area contributed by atoms with E-state index in [9.17, 15) is 13.2 Å².